The topological polar surface area (TPSA) is 212 Å². The van der Waals surface area contributed by atoms with Crippen molar-refractivity contribution in [2.75, 3.05) is 6.61 Å². The summed E-state index contributed by atoms with van der Waals surface area (Å²) < 4.78 is 37.1. The standard InChI is InChI=1S/C10H15BN2O10P2.H3N/c1-5-3-13(10(16)12-9(5)15)8-2-6(14)7(22-8)4-21-24(11,17)23-25(18,19)20;/h3,6-8,14H,2,4H2,1H3,(H,12,15,16)(H2,18,19,20);1H3/t6-,7+,8+,24-;/m0./s1. The third kappa shape index (κ3) is 5.98. The summed E-state index contributed by atoms with van der Waals surface area (Å²) in [5.74, 6) is 0. The second-order valence-corrected chi connectivity index (χ2v) is 8.29. The van der Waals surface area contributed by atoms with E-state index in [1.165, 1.54) is 13.1 Å². The lowest BCUT2D eigenvalue weighted by atomic mass is 10.2. The minimum atomic E-state index is -5.14. The highest BCUT2D eigenvalue weighted by molar-refractivity contribution is 7.83. The number of aryl methyl sites for hydroxylation is 1. The molecule has 0 aliphatic carbocycles. The summed E-state index contributed by atoms with van der Waals surface area (Å²) in [6, 6.07) is 0. The molecule has 0 aromatic carbocycles. The van der Waals surface area contributed by atoms with Crippen molar-refractivity contribution in [3.63, 3.8) is 0 Å². The zero-order chi connectivity index (χ0) is 19.0. The Morgan fingerprint density at radius 3 is 2.62 bits per heavy atom. The average Bonchev–Trinajstić information content (AvgIpc) is 2.79. The predicted octanol–water partition coefficient (Wildman–Crippen LogP) is -0.942. The molecule has 1 saturated heterocycles. The van der Waals surface area contributed by atoms with Crippen LogP contribution in [0.15, 0.2) is 15.8 Å². The van der Waals surface area contributed by atoms with Crippen molar-refractivity contribution in [1.82, 2.24) is 15.7 Å². The van der Waals surface area contributed by atoms with E-state index < -0.39 is 51.6 Å². The molecule has 1 aliphatic heterocycles. The SMILES string of the molecule is N.[B][P@](=O)(OC[C@H]1O[C@@H](n2cc(C)c(=O)[nH]c2=O)C[C@@H]1O)OP(=O)(O)O. The molecule has 16 heteroatoms. The fourth-order valence-electron chi connectivity index (χ4n) is 2.19. The van der Waals surface area contributed by atoms with E-state index in [4.69, 9.17) is 22.1 Å². The fraction of sp³-hybridized carbons (Fsp3) is 0.600. The van der Waals surface area contributed by atoms with E-state index in [0.29, 0.717) is 0 Å². The second kappa shape index (κ2) is 8.30. The van der Waals surface area contributed by atoms with E-state index in [9.17, 15) is 23.8 Å². The summed E-state index contributed by atoms with van der Waals surface area (Å²) in [7, 11) is -4.70. The summed E-state index contributed by atoms with van der Waals surface area (Å²) in [5.41, 5.74) is -1.05. The molecule has 0 amide bonds. The van der Waals surface area contributed by atoms with Gasteiger partial charge in [0.2, 0.25) is 7.57 Å². The van der Waals surface area contributed by atoms with Gasteiger partial charge < -0.3 is 30.3 Å². The van der Waals surface area contributed by atoms with Crippen LogP contribution >= 0.6 is 15.3 Å². The number of rotatable bonds is 6. The van der Waals surface area contributed by atoms with Crippen LogP contribution in [0.3, 0.4) is 0 Å². The molecule has 13 nitrogen and oxygen atoms in total. The molecular weight excluding hydrogens is 395 g/mol. The van der Waals surface area contributed by atoms with Gasteiger partial charge >= 0.3 is 13.5 Å². The van der Waals surface area contributed by atoms with Gasteiger partial charge in [-0.25, -0.2) is 13.7 Å². The highest BCUT2D eigenvalue weighted by Crippen LogP contribution is 2.57. The van der Waals surface area contributed by atoms with Crippen molar-refractivity contribution in [3.8, 4) is 0 Å². The first-order valence-electron chi connectivity index (χ1n) is 6.83. The Bertz CT molecular complexity index is 850. The third-order valence-electron chi connectivity index (χ3n) is 3.30. The molecule has 0 bridgehead atoms. The van der Waals surface area contributed by atoms with Crippen molar-refractivity contribution in [2.45, 2.75) is 31.8 Å². The zero-order valence-corrected chi connectivity index (χ0v) is 15.3. The minimum Gasteiger partial charge on any atom is -0.390 e. The van der Waals surface area contributed by atoms with Gasteiger partial charge in [-0.3, -0.25) is 18.9 Å². The Morgan fingerprint density at radius 1 is 1.42 bits per heavy atom. The molecule has 2 heterocycles. The van der Waals surface area contributed by atoms with Crippen molar-refractivity contribution in [1.29, 1.82) is 0 Å². The van der Waals surface area contributed by atoms with Crippen LogP contribution in [0.4, 0.5) is 0 Å². The number of aliphatic hydroxyl groups is 1. The maximum absolute atomic E-state index is 11.8. The van der Waals surface area contributed by atoms with Crippen molar-refractivity contribution >= 4 is 22.9 Å². The lowest BCUT2D eigenvalue weighted by Crippen LogP contribution is -2.33. The predicted molar refractivity (Wildman–Crippen MR) is 88.1 cm³/mol. The highest BCUT2D eigenvalue weighted by atomic mass is 31.3. The maximum atomic E-state index is 11.8. The Labute approximate surface area is 148 Å². The molecule has 146 valence electrons. The molecule has 0 spiro atoms. The van der Waals surface area contributed by atoms with Gasteiger partial charge in [-0.15, -0.1) is 0 Å². The molecule has 1 aromatic rings. The number of nitrogens with one attached hydrogen (secondary N) is 1. The molecule has 4 atom stereocenters. The molecular formula is C10H18BN3O10P2. The van der Waals surface area contributed by atoms with Gasteiger partial charge in [0, 0.05) is 18.2 Å². The minimum absolute atomic E-state index is 0. The smallest absolute Gasteiger partial charge is 0.390 e. The van der Waals surface area contributed by atoms with Gasteiger partial charge in [0.05, 0.1) is 12.7 Å². The molecule has 1 aliphatic rings. The molecule has 26 heavy (non-hydrogen) atoms. The van der Waals surface area contributed by atoms with Crippen LogP contribution in [-0.4, -0.2) is 50.8 Å². The number of hydrogen-bond donors (Lipinski definition) is 5. The largest absolute Gasteiger partial charge is 0.476 e. The zero-order valence-electron chi connectivity index (χ0n) is 13.5. The summed E-state index contributed by atoms with van der Waals surface area (Å²) in [5, 5.41) is 9.95. The monoisotopic (exact) mass is 413 g/mol. The molecule has 0 saturated carbocycles. The average molecular weight is 413 g/mol. The van der Waals surface area contributed by atoms with Gasteiger partial charge in [-0.05, 0) is 6.92 Å². The van der Waals surface area contributed by atoms with E-state index in [1.807, 2.05) is 0 Å². The van der Waals surface area contributed by atoms with Crippen LogP contribution in [0.2, 0.25) is 0 Å². The first-order valence-corrected chi connectivity index (χ1v) is 9.98. The van der Waals surface area contributed by atoms with Crippen molar-refractivity contribution in [2.24, 2.45) is 0 Å². The second-order valence-electron chi connectivity index (χ2n) is 5.32. The van der Waals surface area contributed by atoms with Crippen LogP contribution in [-0.2, 0) is 22.7 Å². The maximum Gasteiger partial charge on any atom is 0.476 e. The molecule has 1 aromatic heterocycles. The number of ether oxygens (including phenoxy) is 1. The van der Waals surface area contributed by atoms with E-state index in [0.717, 1.165) is 4.57 Å². The summed E-state index contributed by atoms with van der Waals surface area (Å²) in [6.07, 6.45) is -1.98. The molecule has 7 N–H and O–H groups in total. The van der Waals surface area contributed by atoms with E-state index >= 15 is 0 Å². The van der Waals surface area contributed by atoms with Crippen LogP contribution in [0, 0.1) is 6.92 Å². The van der Waals surface area contributed by atoms with E-state index in [2.05, 4.69) is 13.8 Å². The lowest BCUT2D eigenvalue weighted by molar-refractivity contribution is -0.0417. The Balaban J connectivity index is 0.00000338. The number of aliphatic hydroxyl groups excluding tert-OH is 1. The first kappa shape index (κ1) is 23.0. The Morgan fingerprint density at radius 2 is 2.04 bits per heavy atom. The lowest BCUT2D eigenvalue weighted by Gasteiger charge is -2.20. The van der Waals surface area contributed by atoms with Gasteiger partial charge in [0.1, 0.15) is 12.3 Å². The van der Waals surface area contributed by atoms with Gasteiger partial charge in [-0.1, -0.05) is 0 Å². The summed E-state index contributed by atoms with van der Waals surface area (Å²) in [4.78, 5) is 42.4. The normalized spacial score (nSPS) is 25.5. The number of H-pyrrole nitrogens is 1. The number of aromatic amines is 1. The number of hydrogen-bond acceptors (Lipinski definition) is 9. The van der Waals surface area contributed by atoms with Crippen LogP contribution < -0.4 is 17.4 Å². The Kier molecular flexibility index (Phi) is 7.33. The van der Waals surface area contributed by atoms with Gasteiger partial charge in [-0.2, -0.15) is 0 Å². The number of nitrogens with zero attached hydrogens (tertiary/aromatic N) is 1. The van der Waals surface area contributed by atoms with Crippen LogP contribution in [0.1, 0.15) is 18.2 Å². The van der Waals surface area contributed by atoms with Crippen LogP contribution in [0.5, 0.6) is 0 Å². The fourth-order valence-corrected chi connectivity index (χ4v) is 3.91. The molecule has 1 fully saturated rings. The van der Waals surface area contributed by atoms with Crippen molar-refractivity contribution < 1.29 is 37.6 Å². The van der Waals surface area contributed by atoms with Gasteiger partial charge in [0.15, 0.2) is 0 Å². The summed E-state index contributed by atoms with van der Waals surface area (Å²) >= 11 is 0. The first-order chi connectivity index (χ1) is 11.4. The summed E-state index contributed by atoms with van der Waals surface area (Å²) in [6.45, 7) is 0.868. The molecule has 2 rings (SSSR count). The van der Waals surface area contributed by atoms with Crippen LogP contribution in [0.25, 0.3) is 0 Å². The molecule has 0 unspecified atom stereocenters. The van der Waals surface area contributed by atoms with E-state index in [1.54, 1.807) is 0 Å². The number of aromatic nitrogens is 2. The van der Waals surface area contributed by atoms with Crippen molar-refractivity contribution in [3.05, 3.63) is 32.6 Å². The molecule has 2 radical (unpaired) electrons. The Hall–Kier alpha value is -1.08. The number of phosphoric acid groups is 1. The van der Waals surface area contributed by atoms with Gasteiger partial charge in [0.25, 0.3) is 13.0 Å². The van der Waals surface area contributed by atoms with E-state index in [-0.39, 0.29) is 18.1 Å². The highest BCUT2D eigenvalue weighted by Gasteiger charge is 2.38. The third-order valence-corrected chi connectivity index (χ3v) is 5.57. The quantitative estimate of drug-likeness (QED) is 0.283.